The van der Waals surface area contributed by atoms with Gasteiger partial charge in [-0.2, -0.15) is 5.10 Å². The van der Waals surface area contributed by atoms with Crippen molar-refractivity contribution in [2.75, 3.05) is 5.32 Å². The van der Waals surface area contributed by atoms with Crippen LogP contribution in [0.15, 0.2) is 65.6 Å². The molecule has 0 saturated heterocycles. The van der Waals surface area contributed by atoms with Gasteiger partial charge in [0.15, 0.2) is 0 Å². The molecule has 4 rings (SSSR count). The van der Waals surface area contributed by atoms with E-state index in [9.17, 15) is 14.0 Å². The number of nitrogens with zero attached hydrogens (tertiary/aromatic N) is 4. The molecule has 0 atom stereocenters. The number of rotatable bonds is 4. The van der Waals surface area contributed by atoms with E-state index >= 15 is 0 Å². The molecule has 0 spiro atoms. The number of anilines is 1. The van der Waals surface area contributed by atoms with Crippen molar-refractivity contribution < 1.29 is 9.18 Å². The van der Waals surface area contributed by atoms with Crippen LogP contribution in [0.3, 0.4) is 0 Å². The van der Waals surface area contributed by atoms with Crippen LogP contribution in [0.25, 0.3) is 11.4 Å². The maximum atomic E-state index is 14.1. The van der Waals surface area contributed by atoms with Crippen LogP contribution < -0.4 is 10.9 Å². The zero-order valence-corrected chi connectivity index (χ0v) is 16.8. The van der Waals surface area contributed by atoms with E-state index in [1.807, 2.05) is 30.3 Å². The SMILES string of the molecule is Cc1c(C(=O)Nc2c(C)n(C)n(-c3ccccc3)c2=O)cnn1-c1ccccc1F. The summed E-state index contributed by atoms with van der Waals surface area (Å²) in [4.78, 5) is 25.9. The van der Waals surface area contributed by atoms with Crippen molar-refractivity contribution in [1.82, 2.24) is 19.1 Å². The first kappa shape index (κ1) is 19.4. The van der Waals surface area contributed by atoms with Gasteiger partial charge >= 0.3 is 0 Å². The first-order valence-corrected chi connectivity index (χ1v) is 9.35. The lowest BCUT2D eigenvalue weighted by Crippen LogP contribution is -2.23. The van der Waals surface area contributed by atoms with Gasteiger partial charge in [-0.05, 0) is 38.1 Å². The van der Waals surface area contributed by atoms with Gasteiger partial charge in [0.1, 0.15) is 17.2 Å². The van der Waals surface area contributed by atoms with Crippen LogP contribution in [-0.2, 0) is 7.05 Å². The Bertz CT molecular complexity index is 1300. The standard InChI is InChI=1S/C22H20FN5O2/c1-14-17(13-24-27(14)19-12-8-7-11-18(19)23)21(29)25-20-15(2)26(3)28(22(20)30)16-9-5-4-6-10-16/h4-13H,1-3H3,(H,25,29). The Balaban J connectivity index is 1.70. The third-order valence-corrected chi connectivity index (χ3v) is 5.13. The Morgan fingerprint density at radius 1 is 1.00 bits per heavy atom. The van der Waals surface area contributed by atoms with E-state index in [1.54, 1.807) is 43.8 Å². The summed E-state index contributed by atoms with van der Waals surface area (Å²) in [7, 11) is 1.75. The van der Waals surface area contributed by atoms with Crippen molar-refractivity contribution in [3.8, 4) is 11.4 Å². The number of carbonyl (C=O) groups is 1. The van der Waals surface area contributed by atoms with Crippen LogP contribution in [0.2, 0.25) is 0 Å². The maximum Gasteiger partial charge on any atom is 0.295 e. The maximum absolute atomic E-state index is 14.1. The summed E-state index contributed by atoms with van der Waals surface area (Å²) in [6.07, 6.45) is 1.37. The number of hydrogen-bond acceptors (Lipinski definition) is 3. The second-order valence-corrected chi connectivity index (χ2v) is 6.90. The largest absolute Gasteiger partial charge is 0.316 e. The zero-order valence-electron chi connectivity index (χ0n) is 16.8. The molecule has 0 aliphatic rings. The van der Waals surface area contributed by atoms with Crippen LogP contribution in [0, 0.1) is 19.7 Å². The Labute approximate surface area is 172 Å². The van der Waals surface area contributed by atoms with Crippen LogP contribution in [0.4, 0.5) is 10.1 Å². The first-order valence-electron chi connectivity index (χ1n) is 9.35. The van der Waals surface area contributed by atoms with Crippen molar-refractivity contribution in [1.29, 1.82) is 0 Å². The summed E-state index contributed by atoms with van der Waals surface area (Å²) in [5, 5.41) is 6.86. The highest BCUT2D eigenvalue weighted by molar-refractivity contribution is 6.05. The molecular formula is C22H20FN5O2. The number of carbonyl (C=O) groups excluding carboxylic acids is 1. The molecule has 0 fully saturated rings. The molecule has 0 aliphatic heterocycles. The number of aromatic nitrogens is 4. The first-order chi connectivity index (χ1) is 14.4. The Hall–Kier alpha value is -3.94. The highest BCUT2D eigenvalue weighted by atomic mass is 19.1. The normalized spacial score (nSPS) is 10.9. The average molecular weight is 405 g/mol. The molecule has 0 aliphatic carbocycles. The topological polar surface area (TPSA) is 73.8 Å². The van der Waals surface area contributed by atoms with Gasteiger partial charge in [-0.15, -0.1) is 0 Å². The summed E-state index contributed by atoms with van der Waals surface area (Å²) in [6.45, 7) is 3.43. The minimum atomic E-state index is -0.485. The monoisotopic (exact) mass is 405 g/mol. The summed E-state index contributed by atoms with van der Waals surface area (Å²) in [5.41, 5.74) is 2.12. The van der Waals surface area contributed by atoms with E-state index in [-0.39, 0.29) is 22.5 Å². The van der Waals surface area contributed by atoms with E-state index in [4.69, 9.17) is 0 Å². The molecule has 2 aromatic carbocycles. The van der Waals surface area contributed by atoms with Gasteiger partial charge in [-0.25, -0.2) is 13.8 Å². The molecule has 4 aromatic rings. The fraction of sp³-hybridized carbons (Fsp3) is 0.136. The number of para-hydroxylation sites is 2. The molecule has 0 saturated carbocycles. The molecule has 8 heteroatoms. The molecule has 30 heavy (non-hydrogen) atoms. The van der Waals surface area contributed by atoms with Crippen molar-refractivity contribution in [2.45, 2.75) is 13.8 Å². The molecule has 0 unspecified atom stereocenters. The third-order valence-electron chi connectivity index (χ3n) is 5.13. The van der Waals surface area contributed by atoms with Gasteiger partial charge in [0, 0.05) is 7.05 Å². The molecule has 0 radical (unpaired) electrons. The second kappa shape index (κ2) is 7.47. The number of amides is 1. The summed E-state index contributed by atoms with van der Waals surface area (Å²) in [5.74, 6) is -0.929. The third kappa shape index (κ3) is 3.12. The highest BCUT2D eigenvalue weighted by Crippen LogP contribution is 2.19. The molecule has 7 nitrogen and oxygen atoms in total. The Kier molecular flexibility index (Phi) is 4.83. The van der Waals surface area contributed by atoms with Crippen molar-refractivity contribution in [3.05, 3.63) is 93.9 Å². The van der Waals surface area contributed by atoms with Gasteiger partial charge in [-0.1, -0.05) is 30.3 Å². The minimum absolute atomic E-state index is 0.185. The Morgan fingerprint density at radius 2 is 1.67 bits per heavy atom. The smallest absolute Gasteiger partial charge is 0.295 e. The van der Waals surface area contributed by atoms with E-state index in [2.05, 4.69) is 10.4 Å². The van der Waals surface area contributed by atoms with Crippen molar-refractivity contribution in [3.63, 3.8) is 0 Å². The molecule has 2 aromatic heterocycles. The summed E-state index contributed by atoms with van der Waals surface area (Å²) < 4.78 is 18.7. The summed E-state index contributed by atoms with van der Waals surface area (Å²) >= 11 is 0. The van der Waals surface area contributed by atoms with E-state index in [0.29, 0.717) is 17.1 Å². The minimum Gasteiger partial charge on any atom is -0.316 e. The lowest BCUT2D eigenvalue weighted by atomic mass is 10.2. The van der Waals surface area contributed by atoms with Gasteiger partial charge in [0.25, 0.3) is 11.5 Å². The van der Waals surface area contributed by atoms with Gasteiger partial charge in [0.05, 0.1) is 28.8 Å². The fourth-order valence-electron chi connectivity index (χ4n) is 3.39. The lowest BCUT2D eigenvalue weighted by molar-refractivity contribution is 0.102. The van der Waals surface area contributed by atoms with Crippen molar-refractivity contribution in [2.24, 2.45) is 7.05 Å². The predicted octanol–water partition coefficient (Wildman–Crippen LogP) is 3.37. The number of halogens is 1. The fourth-order valence-corrected chi connectivity index (χ4v) is 3.39. The number of benzene rings is 2. The average Bonchev–Trinajstić information content (AvgIpc) is 3.22. The van der Waals surface area contributed by atoms with Gasteiger partial charge in [0.2, 0.25) is 0 Å². The molecule has 2 heterocycles. The van der Waals surface area contributed by atoms with Gasteiger partial charge < -0.3 is 5.32 Å². The summed E-state index contributed by atoms with van der Waals surface area (Å²) in [6, 6.07) is 15.4. The van der Waals surface area contributed by atoms with Crippen LogP contribution in [0.5, 0.6) is 0 Å². The Morgan fingerprint density at radius 3 is 2.37 bits per heavy atom. The molecule has 1 amide bonds. The van der Waals surface area contributed by atoms with Crippen LogP contribution in [-0.4, -0.2) is 25.1 Å². The molecular weight excluding hydrogens is 385 g/mol. The van der Waals surface area contributed by atoms with E-state index in [1.165, 1.54) is 21.6 Å². The van der Waals surface area contributed by atoms with Crippen LogP contribution in [0.1, 0.15) is 21.7 Å². The van der Waals surface area contributed by atoms with Crippen molar-refractivity contribution >= 4 is 11.6 Å². The quantitative estimate of drug-likeness (QED) is 0.566. The van der Waals surface area contributed by atoms with E-state index < -0.39 is 11.7 Å². The highest BCUT2D eigenvalue weighted by Gasteiger charge is 2.22. The van der Waals surface area contributed by atoms with Crippen LogP contribution >= 0.6 is 0 Å². The van der Waals surface area contributed by atoms with Gasteiger partial charge in [-0.3, -0.25) is 14.3 Å². The number of hydrogen-bond donors (Lipinski definition) is 1. The molecule has 152 valence electrons. The zero-order chi connectivity index (χ0) is 21.4. The molecule has 1 N–H and O–H groups in total. The number of nitrogens with one attached hydrogen (secondary N) is 1. The lowest BCUT2D eigenvalue weighted by Gasteiger charge is -2.07. The molecule has 0 bridgehead atoms. The van der Waals surface area contributed by atoms with E-state index in [0.717, 1.165) is 0 Å². The predicted molar refractivity (Wildman–Crippen MR) is 112 cm³/mol. The second-order valence-electron chi connectivity index (χ2n) is 6.90.